The van der Waals surface area contributed by atoms with E-state index in [9.17, 15) is 13.2 Å². The maximum Gasteiger partial charge on any atom is 0.424 e. The molecule has 62 valence electrons. The van der Waals surface area contributed by atoms with Crippen molar-refractivity contribution in [2.75, 3.05) is 0 Å². The monoisotopic (exact) mass is 181 g/mol. The summed E-state index contributed by atoms with van der Waals surface area (Å²) in [6.45, 7) is 1.40. The van der Waals surface area contributed by atoms with Crippen molar-refractivity contribution in [3.8, 4) is 0 Å². The van der Waals surface area contributed by atoms with Crippen molar-refractivity contribution < 1.29 is 13.2 Å². The molecule has 0 amide bonds. The average Bonchev–Trinajstić information content (AvgIpc) is 1.86. The van der Waals surface area contributed by atoms with Crippen LogP contribution >= 0.6 is 11.8 Å². The van der Waals surface area contributed by atoms with E-state index >= 15 is 0 Å². The van der Waals surface area contributed by atoms with Crippen molar-refractivity contribution >= 4 is 11.8 Å². The van der Waals surface area contributed by atoms with Crippen LogP contribution in [-0.2, 0) is 0 Å². The van der Waals surface area contributed by atoms with E-state index in [0.29, 0.717) is 11.8 Å². The van der Waals surface area contributed by atoms with Crippen LogP contribution in [0.2, 0.25) is 0 Å². The van der Waals surface area contributed by atoms with E-state index < -0.39 is 11.1 Å². The third-order valence-corrected chi connectivity index (χ3v) is 2.20. The van der Waals surface area contributed by atoms with Gasteiger partial charge in [-0.3, -0.25) is 0 Å². The molecule has 0 saturated heterocycles. The molecule has 1 aliphatic rings. The average molecular weight is 181 g/mol. The van der Waals surface area contributed by atoms with E-state index in [-0.39, 0.29) is 5.70 Å². The minimum Gasteiger partial charge on any atom is -0.364 e. The van der Waals surface area contributed by atoms with Gasteiger partial charge < -0.3 is 5.32 Å². The largest absolute Gasteiger partial charge is 0.424 e. The Hall–Kier alpha value is -0.580. The molecule has 11 heavy (non-hydrogen) atoms. The summed E-state index contributed by atoms with van der Waals surface area (Å²) in [5, 5.41) is 3.87. The second-order valence-corrected chi connectivity index (χ2v) is 2.93. The van der Waals surface area contributed by atoms with Crippen LogP contribution in [0.15, 0.2) is 22.2 Å². The van der Waals surface area contributed by atoms with Crippen LogP contribution in [0.3, 0.4) is 0 Å². The predicted molar refractivity (Wildman–Crippen MR) is 38.6 cm³/mol. The lowest BCUT2D eigenvalue weighted by Gasteiger charge is -2.16. The van der Waals surface area contributed by atoms with E-state index in [1.54, 1.807) is 0 Å². The molecule has 1 rings (SSSR count). The van der Waals surface area contributed by atoms with Gasteiger partial charge in [0.15, 0.2) is 0 Å². The molecule has 1 aliphatic heterocycles. The van der Waals surface area contributed by atoms with Crippen LogP contribution in [0, 0.1) is 0 Å². The molecule has 0 saturated carbocycles. The first kappa shape index (κ1) is 8.52. The Morgan fingerprint density at radius 3 is 2.45 bits per heavy atom. The fraction of sp³-hybridized carbons (Fsp3) is 0.333. The standard InChI is InChI=1S/C6H6F3NS/c1-4-5(6(7,8)9)11-3-2-10-4/h2-3,10H,1H3. The van der Waals surface area contributed by atoms with Crippen molar-refractivity contribution in [3.63, 3.8) is 0 Å². The zero-order valence-corrected chi connectivity index (χ0v) is 6.51. The highest BCUT2D eigenvalue weighted by Gasteiger charge is 2.36. The number of halogens is 3. The van der Waals surface area contributed by atoms with Crippen molar-refractivity contribution in [2.45, 2.75) is 13.1 Å². The van der Waals surface area contributed by atoms with E-state index in [0.717, 1.165) is 0 Å². The van der Waals surface area contributed by atoms with Crippen molar-refractivity contribution in [2.24, 2.45) is 0 Å². The summed E-state index contributed by atoms with van der Waals surface area (Å²) in [6.07, 6.45) is -2.75. The van der Waals surface area contributed by atoms with Crippen molar-refractivity contribution in [3.05, 3.63) is 22.2 Å². The first-order valence-electron chi connectivity index (χ1n) is 2.88. The number of rotatable bonds is 0. The Morgan fingerprint density at radius 2 is 2.09 bits per heavy atom. The topological polar surface area (TPSA) is 12.0 Å². The van der Waals surface area contributed by atoms with Gasteiger partial charge in [-0.25, -0.2) is 0 Å². The molecular formula is C6H6F3NS. The normalized spacial score (nSPS) is 18.5. The van der Waals surface area contributed by atoms with Crippen LogP contribution < -0.4 is 5.32 Å². The molecule has 0 fully saturated rings. The van der Waals surface area contributed by atoms with Gasteiger partial charge >= 0.3 is 6.18 Å². The molecule has 0 bridgehead atoms. The van der Waals surface area contributed by atoms with Crippen molar-refractivity contribution in [1.29, 1.82) is 0 Å². The number of allylic oxidation sites excluding steroid dienone is 2. The molecule has 1 nitrogen and oxygen atoms in total. The summed E-state index contributed by atoms with van der Waals surface area (Å²) in [5.41, 5.74) is 0.157. The van der Waals surface area contributed by atoms with Gasteiger partial charge in [0.2, 0.25) is 0 Å². The highest BCUT2D eigenvalue weighted by atomic mass is 32.2. The Morgan fingerprint density at radius 1 is 1.45 bits per heavy atom. The molecule has 0 aromatic carbocycles. The lowest BCUT2D eigenvalue weighted by molar-refractivity contribution is -0.0845. The molecule has 0 radical (unpaired) electrons. The number of hydrogen-bond donors (Lipinski definition) is 1. The summed E-state index contributed by atoms with van der Waals surface area (Å²) in [5.74, 6) is 0. The molecule has 0 aromatic rings. The van der Waals surface area contributed by atoms with Gasteiger partial charge in [0.25, 0.3) is 0 Å². The Bertz CT molecular complexity index is 216. The van der Waals surface area contributed by atoms with Gasteiger partial charge in [0.1, 0.15) is 4.91 Å². The minimum absolute atomic E-state index is 0.157. The SMILES string of the molecule is CC1=C(C(F)(F)F)SC=CN1. The Kier molecular flexibility index (Phi) is 2.17. The first-order chi connectivity index (χ1) is 5.02. The molecular weight excluding hydrogens is 175 g/mol. The minimum atomic E-state index is -4.23. The highest BCUT2D eigenvalue weighted by Crippen LogP contribution is 2.37. The summed E-state index contributed by atoms with van der Waals surface area (Å²) in [6, 6.07) is 0. The van der Waals surface area contributed by atoms with Crippen LogP contribution in [0.5, 0.6) is 0 Å². The molecule has 0 spiro atoms. The van der Waals surface area contributed by atoms with E-state index in [4.69, 9.17) is 0 Å². The number of thioether (sulfide) groups is 1. The summed E-state index contributed by atoms with van der Waals surface area (Å²) >= 11 is 0.690. The molecule has 0 atom stereocenters. The van der Waals surface area contributed by atoms with E-state index in [1.807, 2.05) is 0 Å². The maximum absolute atomic E-state index is 12.0. The molecule has 5 heteroatoms. The zero-order valence-electron chi connectivity index (χ0n) is 5.70. The summed E-state index contributed by atoms with van der Waals surface area (Å²) in [7, 11) is 0. The lowest BCUT2D eigenvalue weighted by atomic mass is 10.4. The van der Waals surface area contributed by atoms with Gasteiger partial charge in [-0.15, -0.1) is 0 Å². The summed E-state index contributed by atoms with van der Waals surface area (Å²) < 4.78 is 36.1. The number of alkyl halides is 3. The quantitative estimate of drug-likeness (QED) is 0.616. The number of hydrogen-bond acceptors (Lipinski definition) is 2. The van der Waals surface area contributed by atoms with Gasteiger partial charge in [-0.2, -0.15) is 13.2 Å². The summed E-state index contributed by atoms with van der Waals surface area (Å²) in [4.78, 5) is -0.569. The van der Waals surface area contributed by atoms with E-state index in [2.05, 4.69) is 5.32 Å². The molecule has 0 unspecified atom stereocenters. The van der Waals surface area contributed by atoms with Crippen LogP contribution in [-0.4, -0.2) is 6.18 Å². The molecule has 0 aliphatic carbocycles. The maximum atomic E-state index is 12.0. The first-order valence-corrected chi connectivity index (χ1v) is 3.76. The molecule has 1 N–H and O–H groups in total. The van der Waals surface area contributed by atoms with E-state index in [1.165, 1.54) is 18.5 Å². The lowest BCUT2D eigenvalue weighted by Crippen LogP contribution is -2.17. The van der Waals surface area contributed by atoms with Crippen molar-refractivity contribution in [1.82, 2.24) is 5.32 Å². The van der Waals surface area contributed by atoms with Gasteiger partial charge in [-0.1, -0.05) is 11.8 Å². The number of nitrogens with one attached hydrogen (secondary N) is 1. The fourth-order valence-corrected chi connectivity index (χ4v) is 1.34. The third kappa shape index (κ3) is 1.92. The van der Waals surface area contributed by atoms with Gasteiger partial charge in [0.05, 0.1) is 0 Å². The van der Waals surface area contributed by atoms with Crippen LogP contribution in [0.1, 0.15) is 6.92 Å². The third-order valence-electron chi connectivity index (χ3n) is 1.15. The zero-order chi connectivity index (χ0) is 8.48. The van der Waals surface area contributed by atoms with Gasteiger partial charge in [-0.05, 0) is 12.3 Å². The Balaban J connectivity index is 2.85. The second-order valence-electron chi connectivity index (χ2n) is 2.02. The predicted octanol–water partition coefficient (Wildman–Crippen LogP) is 2.59. The molecule has 0 aromatic heterocycles. The smallest absolute Gasteiger partial charge is 0.364 e. The molecule has 1 heterocycles. The van der Waals surface area contributed by atoms with Crippen LogP contribution in [0.4, 0.5) is 13.2 Å². The van der Waals surface area contributed by atoms with Crippen LogP contribution in [0.25, 0.3) is 0 Å². The highest BCUT2D eigenvalue weighted by molar-refractivity contribution is 8.06. The second kappa shape index (κ2) is 2.81. The van der Waals surface area contributed by atoms with Gasteiger partial charge in [0, 0.05) is 11.9 Å². The Labute approximate surface area is 66.3 Å². The fourth-order valence-electron chi connectivity index (χ4n) is 0.694.